The summed E-state index contributed by atoms with van der Waals surface area (Å²) in [6.07, 6.45) is 8.33. The Bertz CT molecular complexity index is 882. The van der Waals surface area contributed by atoms with Gasteiger partial charge in [0.15, 0.2) is 5.78 Å². The molecule has 0 radical (unpaired) electrons. The van der Waals surface area contributed by atoms with Crippen LogP contribution in [0, 0.1) is 0 Å². The number of carbonyl (C=O) groups is 1. The van der Waals surface area contributed by atoms with E-state index >= 15 is 0 Å². The van der Waals surface area contributed by atoms with Crippen LogP contribution in [0.15, 0.2) is 42.9 Å². The van der Waals surface area contributed by atoms with Crippen LogP contribution < -0.4 is 0 Å². The molecule has 25 heavy (non-hydrogen) atoms. The number of rotatable bonds is 5. The molecule has 0 saturated carbocycles. The van der Waals surface area contributed by atoms with Gasteiger partial charge in [-0.2, -0.15) is 5.10 Å². The molecular weight excluding hydrogens is 312 g/mol. The van der Waals surface area contributed by atoms with Crippen LogP contribution in [0.2, 0.25) is 0 Å². The largest absolute Gasteiger partial charge is 0.298 e. The van der Waals surface area contributed by atoms with Crippen LogP contribution in [0.5, 0.6) is 0 Å². The predicted octanol–water partition coefficient (Wildman–Crippen LogP) is 3.22. The van der Waals surface area contributed by atoms with E-state index in [1.807, 2.05) is 31.6 Å². The van der Waals surface area contributed by atoms with Crippen molar-refractivity contribution >= 4 is 16.6 Å². The zero-order chi connectivity index (χ0) is 17.2. The molecule has 1 fully saturated rings. The van der Waals surface area contributed by atoms with Crippen molar-refractivity contribution < 1.29 is 4.79 Å². The average molecular weight is 334 g/mol. The van der Waals surface area contributed by atoms with Gasteiger partial charge in [0.2, 0.25) is 0 Å². The van der Waals surface area contributed by atoms with Crippen LogP contribution in [-0.4, -0.2) is 45.0 Å². The summed E-state index contributed by atoms with van der Waals surface area (Å²) in [5.41, 5.74) is 3.00. The number of hydrogen-bond donors (Lipinski definition) is 1. The van der Waals surface area contributed by atoms with E-state index in [2.05, 4.69) is 38.3 Å². The summed E-state index contributed by atoms with van der Waals surface area (Å²) in [5.74, 6) is 0.250. The minimum Gasteiger partial charge on any atom is -0.298 e. The van der Waals surface area contributed by atoms with Crippen LogP contribution in [0.3, 0.4) is 0 Å². The van der Waals surface area contributed by atoms with Crippen LogP contribution in [0.4, 0.5) is 0 Å². The van der Waals surface area contributed by atoms with E-state index in [0.29, 0.717) is 6.42 Å². The van der Waals surface area contributed by atoms with Gasteiger partial charge in [-0.05, 0) is 55.9 Å². The zero-order valence-electron chi connectivity index (χ0n) is 14.4. The van der Waals surface area contributed by atoms with Crippen LogP contribution in [0.25, 0.3) is 21.9 Å². The molecule has 0 aliphatic carbocycles. The minimum atomic E-state index is -0.0164. The summed E-state index contributed by atoms with van der Waals surface area (Å²) < 4.78 is 0. The smallest absolute Gasteiger partial charge is 0.155 e. The minimum absolute atomic E-state index is 0.0164. The fourth-order valence-corrected chi connectivity index (χ4v) is 3.53. The molecule has 3 aromatic rings. The van der Waals surface area contributed by atoms with Crippen molar-refractivity contribution in [2.45, 2.75) is 32.2 Å². The molecule has 1 unspecified atom stereocenters. The van der Waals surface area contributed by atoms with Crippen molar-refractivity contribution in [1.82, 2.24) is 20.1 Å². The molecule has 1 saturated heterocycles. The van der Waals surface area contributed by atoms with E-state index < -0.39 is 0 Å². The molecule has 1 N–H and O–H groups in total. The lowest BCUT2D eigenvalue weighted by Crippen LogP contribution is -2.37. The maximum Gasteiger partial charge on any atom is 0.155 e. The Morgan fingerprint density at radius 3 is 2.76 bits per heavy atom. The van der Waals surface area contributed by atoms with Crippen molar-refractivity contribution in [3.05, 3.63) is 48.5 Å². The number of Topliss-reactive ketones (excluding diaryl/α,β-unsaturated/α-hetero) is 1. The van der Waals surface area contributed by atoms with E-state index in [-0.39, 0.29) is 11.8 Å². The fraction of sp³-hybridized carbons (Fsp3) is 0.350. The lowest BCUT2D eigenvalue weighted by Gasteiger charge is -2.22. The van der Waals surface area contributed by atoms with Gasteiger partial charge >= 0.3 is 0 Å². The highest BCUT2D eigenvalue weighted by Crippen LogP contribution is 2.24. The summed E-state index contributed by atoms with van der Waals surface area (Å²) in [6, 6.07) is 8.27. The van der Waals surface area contributed by atoms with E-state index in [4.69, 9.17) is 0 Å². The van der Waals surface area contributed by atoms with Gasteiger partial charge in [0.05, 0.1) is 18.7 Å². The molecule has 128 valence electrons. The van der Waals surface area contributed by atoms with Gasteiger partial charge in [-0.25, -0.2) is 0 Å². The summed E-state index contributed by atoms with van der Waals surface area (Å²) in [4.78, 5) is 19.4. The lowest BCUT2D eigenvalue weighted by atomic mass is 10.0. The number of H-pyrrole nitrogens is 1. The van der Waals surface area contributed by atoms with Crippen LogP contribution in [0.1, 0.15) is 25.5 Å². The first-order valence-electron chi connectivity index (χ1n) is 8.85. The zero-order valence-corrected chi connectivity index (χ0v) is 14.4. The lowest BCUT2D eigenvalue weighted by molar-refractivity contribution is -0.122. The van der Waals surface area contributed by atoms with Gasteiger partial charge in [0.1, 0.15) is 0 Å². The Kier molecular flexibility index (Phi) is 4.32. The van der Waals surface area contributed by atoms with Crippen molar-refractivity contribution in [1.29, 1.82) is 0 Å². The standard InChI is InChI=1S/C20H22N4O/c1-14(24-6-2-3-7-24)20(25)10-19-9-17-8-15(18-12-22-23-13-18)4-5-16(17)11-21-19/h4-5,8-9,11-14H,2-3,6-7,10H2,1H3,(H,22,23). The van der Waals surface area contributed by atoms with Gasteiger partial charge < -0.3 is 0 Å². The van der Waals surface area contributed by atoms with Gasteiger partial charge in [-0.3, -0.25) is 19.8 Å². The Hall–Kier alpha value is -2.53. The topological polar surface area (TPSA) is 61.9 Å². The summed E-state index contributed by atoms with van der Waals surface area (Å²) >= 11 is 0. The Morgan fingerprint density at radius 1 is 1.16 bits per heavy atom. The Balaban J connectivity index is 1.56. The van der Waals surface area contributed by atoms with Crippen molar-refractivity contribution in [3.8, 4) is 11.1 Å². The predicted molar refractivity (Wildman–Crippen MR) is 98.3 cm³/mol. The molecule has 2 aromatic heterocycles. The third-order valence-corrected chi connectivity index (χ3v) is 5.12. The Morgan fingerprint density at radius 2 is 2.00 bits per heavy atom. The number of aromatic nitrogens is 3. The molecule has 1 aromatic carbocycles. The molecule has 4 rings (SSSR count). The second-order valence-corrected chi connectivity index (χ2v) is 6.79. The molecular formula is C20H22N4O. The SMILES string of the molecule is CC(C(=O)Cc1cc2cc(-c3cn[nH]c3)ccc2cn1)N1CCCC1. The summed E-state index contributed by atoms with van der Waals surface area (Å²) in [7, 11) is 0. The van der Waals surface area contributed by atoms with E-state index in [1.165, 1.54) is 12.8 Å². The van der Waals surface area contributed by atoms with Crippen LogP contribution >= 0.6 is 0 Å². The Labute approximate surface area is 147 Å². The number of likely N-dealkylation sites (tertiary alicyclic amines) is 1. The van der Waals surface area contributed by atoms with Crippen molar-refractivity contribution in [3.63, 3.8) is 0 Å². The molecule has 5 nitrogen and oxygen atoms in total. The van der Waals surface area contributed by atoms with Crippen molar-refractivity contribution in [2.24, 2.45) is 0 Å². The second kappa shape index (κ2) is 6.76. The molecule has 0 bridgehead atoms. The van der Waals surface area contributed by atoms with Gasteiger partial charge in [-0.15, -0.1) is 0 Å². The number of aromatic amines is 1. The molecule has 3 heterocycles. The van der Waals surface area contributed by atoms with E-state index in [0.717, 1.165) is 40.7 Å². The molecule has 1 aliphatic heterocycles. The quantitative estimate of drug-likeness (QED) is 0.778. The summed E-state index contributed by atoms with van der Waals surface area (Å²) in [5, 5.41) is 9.03. The number of ketones is 1. The third-order valence-electron chi connectivity index (χ3n) is 5.12. The molecule has 1 atom stereocenters. The first kappa shape index (κ1) is 16.0. The van der Waals surface area contributed by atoms with E-state index in [9.17, 15) is 4.79 Å². The van der Waals surface area contributed by atoms with Gasteiger partial charge in [0.25, 0.3) is 0 Å². The van der Waals surface area contributed by atoms with Gasteiger partial charge in [-0.1, -0.05) is 12.1 Å². The van der Waals surface area contributed by atoms with Crippen molar-refractivity contribution in [2.75, 3.05) is 13.1 Å². The van der Waals surface area contributed by atoms with Gasteiger partial charge in [0, 0.05) is 29.0 Å². The highest BCUT2D eigenvalue weighted by molar-refractivity contribution is 5.89. The number of carbonyl (C=O) groups excluding carboxylic acids is 1. The first-order chi connectivity index (χ1) is 12.2. The second-order valence-electron chi connectivity index (χ2n) is 6.79. The highest BCUT2D eigenvalue weighted by Gasteiger charge is 2.24. The highest BCUT2D eigenvalue weighted by atomic mass is 16.1. The number of nitrogens with one attached hydrogen (secondary N) is 1. The van der Waals surface area contributed by atoms with E-state index in [1.54, 1.807) is 0 Å². The average Bonchev–Trinajstić information content (AvgIpc) is 3.34. The molecule has 1 aliphatic rings. The monoisotopic (exact) mass is 334 g/mol. The normalized spacial score (nSPS) is 16.4. The summed E-state index contributed by atoms with van der Waals surface area (Å²) in [6.45, 7) is 4.09. The number of hydrogen-bond acceptors (Lipinski definition) is 4. The number of fused-ring (bicyclic) bond motifs is 1. The third kappa shape index (κ3) is 3.33. The molecule has 0 amide bonds. The number of nitrogens with zero attached hydrogens (tertiary/aromatic N) is 3. The fourth-order valence-electron chi connectivity index (χ4n) is 3.53. The number of pyridine rings is 1. The first-order valence-corrected chi connectivity index (χ1v) is 8.85. The maximum absolute atomic E-state index is 12.6. The van der Waals surface area contributed by atoms with Crippen LogP contribution in [-0.2, 0) is 11.2 Å². The number of benzene rings is 1. The maximum atomic E-state index is 12.6. The molecule has 0 spiro atoms. The molecule has 5 heteroatoms.